The lowest BCUT2D eigenvalue weighted by Gasteiger charge is -2.25. The number of carbonyl (C=O) groups is 1. The lowest BCUT2D eigenvalue weighted by molar-refractivity contribution is -0.114. The van der Waals surface area contributed by atoms with Crippen LogP contribution in [0.4, 0.5) is 11.4 Å². The number of rotatable bonds is 9. The maximum Gasteiger partial charge on any atom is 0.264 e. The van der Waals surface area contributed by atoms with Gasteiger partial charge >= 0.3 is 0 Å². The summed E-state index contributed by atoms with van der Waals surface area (Å²) in [6.07, 6.45) is 0.653. The molecular formula is C30H30N2O3S. The number of sulfonamides is 1. The number of hydrogen-bond acceptors (Lipinski definition) is 3. The Morgan fingerprint density at radius 2 is 1.36 bits per heavy atom. The standard InChI is InChI=1S/C30H30N2O3S/c1-23(2)25-17-19-27(20-18-25)32(36(34,35)28-14-7-4-8-15-28)22-30(33)31-29-16-10-9-13-26(29)21-24-11-5-3-6-12-24/h3-20,23H,21-22H2,1-2H3,(H,31,33). The molecule has 0 aliphatic rings. The van der Waals surface area contributed by atoms with Crippen LogP contribution in [0, 0.1) is 0 Å². The van der Waals surface area contributed by atoms with Gasteiger partial charge in [-0.2, -0.15) is 0 Å². The number of hydrogen-bond donors (Lipinski definition) is 1. The average Bonchev–Trinajstić information content (AvgIpc) is 2.89. The van der Waals surface area contributed by atoms with Gasteiger partial charge in [0, 0.05) is 5.69 Å². The van der Waals surface area contributed by atoms with Crippen molar-refractivity contribution in [2.24, 2.45) is 0 Å². The van der Waals surface area contributed by atoms with Gasteiger partial charge in [-0.25, -0.2) is 8.42 Å². The molecule has 4 rings (SSSR count). The summed E-state index contributed by atoms with van der Waals surface area (Å²) in [6, 6.07) is 33.1. The van der Waals surface area contributed by atoms with E-state index >= 15 is 0 Å². The summed E-state index contributed by atoms with van der Waals surface area (Å²) in [6.45, 7) is 3.81. The van der Waals surface area contributed by atoms with E-state index in [1.807, 2.05) is 66.7 Å². The first-order chi connectivity index (χ1) is 17.3. The first-order valence-electron chi connectivity index (χ1n) is 11.9. The van der Waals surface area contributed by atoms with Crippen molar-refractivity contribution in [2.45, 2.75) is 31.1 Å². The van der Waals surface area contributed by atoms with Crippen LogP contribution in [0.1, 0.15) is 36.5 Å². The second-order valence-corrected chi connectivity index (χ2v) is 10.8. The number of carbonyl (C=O) groups excluding carboxylic acids is 1. The highest BCUT2D eigenvalue weighted by Crippen LogP contribution is 2.26. The summed E-state index contributed by atoms with van der Waals surface area (Å²) in [7, 11) is -3.96. The molecule has 0 heterocycles. The van der Waals surface area contributed by atoms with Gasteiger partial charge in [0.1, 0.15) is 6.54 Å². The lowest BCUT2D eigenvalue weighted by atomic mass is 10.0. The normalized spacial score (nSPS) is 11.3. The maximum absolute atomic E-state index is 13.6. The lowest BCUT2D eigenvalue weighted by Crippen LogP contribution is -2.38. The zero-order chi connectivity index (χ0) is 25.5. The molecule has 1 N–H and O–H groups in total. The number of amides is 1. The molecule has 36 heavy (non-hydrogen) atoms. The van der Waals surface area contributed by atoms with Gasteiger partial charge in [0.05, 0.1) is 10.6 Å². The zero-order valence-corrected chi connectivity index (χ0v) is 21.3. The first-order valence-corrected chi connectivity index (χ1v) is 13.4. The van der Waals surface area contributed by atoms with Gasteiger partial charge in [0.25, 0.3) is 10.0 Å². The summed E-state index contributed by atoms with van der Waals surface area (Å²) in [5.74, 6) is -0.106. The summed E-state index contributed by atoms with van der Waals surface area (Å²) < 4.78 is 28.4. The number of nitrogens with zero attached hydrogens (tertiary/aromatic N) is 1. The molecule has 0 aliphatic heterocycles. The number of benzene rings is 4. The molecule has 0 fully saturated rings. The van der Waals surface area contributed by atoms with Gasteiger partial charge in [-0.1, -0.05) is 92.7 Å². The smallest absolute Gasteiger partial charge is 0.264 e. The minimum atomic E-state index is -3.96. The van der Waals surface area contributed by atoms with Gasteiger partial charge in [-0.05, 0) is 59.4 Å². The predicted octanol–water partition coefficient (Wildman–Crippen LogP) is 6.23. The van der Waals surface area contributed by atoms with Gasteiger partial charge in [0.2, 0.25) is 5.91 Å². The fraction of sp³-hybridized carbons (Fsp3) is 0.167. The molecule has 0 aliphatic carbocycles. The van der Waals surface area contributed by atoms with Crippen molar-refractivity contribution in [1.82, 2.24) is 0 Å². The van der Waals surface area contributed by atoms with Crippen LogP contribution in [0.2, 0.25) is 0 Å². The van der Waals surface area contributed by atoms with Crippen LogP contribution in [0.25, 0.3) is 0 Å². The number of anilines is 2. The Balaban J connectivity index is 1.62. The second kappa shape index (κ2) is 11.2. The zero-order valence-electron chi connectivity index (χ0n) is 20.5. The topological polar surface area (TPSA) is 66.5 Å². The van der Waals surface area contributed by atoms with Gasteiger partial charge in [-0.15, -0.1) is 0 Å². The maximum atomic E-state index is 13.6. The van der Waals surface area contributed by atoms with Crippen LogP contribution in [0.15, 0.2) is 114 Å². The van der Waals surface area contributed by atoms with Crippen LogP contribution in [-0.2, 0) is 21.2 Å². The summed E-state index contributed by atoms with van der Waals surface area (Å²) in [5.41, 5.74) is 4.28. The Morgan fingerprint density at radius 3 is 2.00 bits per heavy atom. The molecule has 0 bridgehead atoms. The predicted molar refractivity (Wildman–Crippen MR) is 146 cm³/mol. The minimum Gasteiger partial charge on any atom is -0.324 e. The van der Waals surface area contributed by atoms with Crippen molar-refractivity contribution in [3.63, 3.8) is 0 Å². The monoisotopic (exact) mass is 498 g/mol. The Kier molecular flexibility index (Phi) is 7.86. The van der Waals surface area contributed by atoms with Crippen molar-refractivity contribution in [3.05, 3.63) is 126 Å². The highest BCUT2D eigenvalue weighted by molar-refractivity contribution is 7.92. The molecule has 0 saturated carbocycles. The Morgan fingerprint density at radius 1 is 0.778 bits per heavy atom. The molecule has 0 aromatic heterocycles. The van der Waals surface area contributed by atoms with Gasteiger partial charge in [-0.3, -0.25) is 9.10 Å². The third-order valence-corrected chi connectivity index (χ3v) is 7.78. The highest BCUT2D eigenvalue weighted by atomic mass is 32.2. The molecule has 0 saturated heterocycles. The van der Waals surface area contributed by atoms with E-state index in [2.05, 4.69) is 19.2 Å². The molecule has 6 heteroatoms. The molecule has 4 aromatic carbocycles. The van der Waals surface area contributed by atoms with Crippen molar-refractivity contribution in [2.75, 3.05) is 16.2 Å². The van der Waals surface area contributed by atoms with E-state index in [-0.39, 0.29) is 11.4 Å². The third kappa shape index (κ3) is 6.01. The Bertz CT molecular complexity index is 1400. The molecule has 0 spiro atoms. The molecule has 4 aromatic rings. The molecule has 0 unspecified atom stereocenters. The summed E-state index contributed by atoms with van der Waals surface area (Å²) in [5, 5.41) is 2.94. The molecular weight excluding hydrogens is 468 g/mol. The quantitative estimate of drug-likeness (QED) is 0.297. The summed E-state index contributed by atoms with van der Waals surface area (Å²) >= 11 is 0. The van der Waals surface area contributed by atoms with Crippen molar-refractivity contribution in [3.8, 4) is 0 Å². The van der Waals surface area contributed by atoms with E-state index in [1.165, 1.54) is 16.4 Å². The van der Waals surface area contributed by atoms with Gasteiger partial charge in [0.15, 0.2) is 0 Å². The van der Waals surface area contributed by atoms with Crippen LogP contribution < -0.4 is 9.62 Å². The largest absolute Gasteiger partial charge is 0.324 e. The molecule has 0 atom stereocenters. The Hall–Kier alpha value is -3.90. The third-order valence-electron chi connectivity index (χ3n) is 6.00. The highest BCUT2D eigenvalue weighted by Gasteiger charge is 2.27. The molecule has 1 amide bonds. The average molecular weight is 499 g/mol. The number of nitrogens with one attached hydrogen (secondary N) is 1. The van der Waals surface area contributed by atoms with Crippen LogP contribution in [0.3, 0.4) is 0 Å². The van der Waals surface area contributed by atoms with E-state index in [1.54, 1.807) is 30.3 Å². The number of para-hydroxylation sites is 1. The molecule has 184 valence electrons. The van der Waals surface area contributed by atoms with Crippen LogP contribution in [-0.4, -0.2) is 20.9 Å². The van der Waals surface area contributed by atoms with Crippen molar-refractivity contribution >= 4 is 27.3 Å². The van der Waals surface area contributed by atoms with E-state index < -0.39 is 15.9 Å². The first kappa shape index (κ1) is 25.2. The van der Waals surface area contributed by atoms with Crippen LogP contribution >= 0.6 is 0 Å². The van der Waals surface area contributed by atoms with E-state index in [0.29, 0.717) is 23.7 Å². The fourth-order valence-electron chi connectivity index (χ4n) is 3.99. The minimum absolute atomic E-state index is 0.134. The van der Waals surface area contributed by atoms with Crippen LogP contribution in [0.5, 0.6) is 0 Å². The van der Waals surface area contributed by atoms with E-state index in [0.717, 1.165) is 16.7 Å². The van der Waals surface area contributed by atoms with E-state index in [9.17, 15) is 13.2 Å². The molecule has 0 radical (unpaired) electrons. The SMILES string of the molecule is CC(C)c1ccc(N(CC(=O)Nc2ccccc2Cc2ccccc2)S(=O)(=O)c2ccccc2)cc1. The van der Waals surface area contributed by atoms with E-state index in [4.69, 9.17) is 0 Å². The summed E-state index contributed by atoms with van der Waals surface area (Å²) in [4.78, 5) is 13.4. The fourth-order valence-corrected chi connectivity index (χ4v) is 5.43. The van der Waals surface area contributed by atoms with Gasteiger partial charge < -0.3 is 5.32 Å². The van der Waals surface area contributed by atoms with Crippen molar-refractivity contribution < 1.29 is 13.2 Å². The molecule has 5 nitrogen and oxygen atoms in total. The van der Waals surface area contributed by atoms with Crippen molar-refractivity contribution in [1.29, 1.82) is 0 Å². The second-order valence-electron chi connectivity index (χ2n) is 8.94. The Labute approximate surface area is 213 Å².